The lowest BCUT2D eigenvalue weighted by atomic mass is 10.1. The van der Waals surface area contributed by atoms with E-state index < -0.39 is 12.0 Å². The zero-order chi connectivity index (χ0) is 24.8. The van der Waals surface area contributed by atoms with Crippen LogP contribution in [-0.4, -0.2) is 30.2 Å². The average molecular weight is 490 g/mol. The van der Waals surface area contributed by atoms with Crippen LogP contribution in [0.5, 0.6) is 5.75 Å². The number of aromatic nitrogens is 1. The monoisotopic (exact) mass is 489 g/mol. The maximum absolute atomic E-state index is 12.5. The van der Waals surface area contributed by atoms with Gasteiger partial charge in [-0.1, -0.05) is 47.5 Å². The van der Waals surface area contributed by atoms with E-state index in [0.29, 0.717) is 38.7 Å². The van der Waals surface area contributed by atoms with Crippen LogP contribution in [-0.2, 0) is 9.53 Å². The first-order valence-electron chi connectivity index (χ1n) is 11.0. The number of pyridine rings is 1. The summed E-state index contributed by atoms with van der Waals surface area (Å²) < 4.78 is 10.8. The molecule has 0 spiro atoms. The molecule has 0 atom stereocenters. The van der Waals surface area contributed by atoms with Gasteiger partial charge in [-0.2, -0.15) is 0 Å². The van der Waals surface area contributed by atoms with Gasteiger partial charge in [0.05, 0.1) is 17.8 Å². The van der Waals surface area contributed by atoms with Gasteiger partial charge in [-0.05, 0) is 50.2 Å². The van der Waals surface area contributed by atoms with E-state index >= 15 is 0 Å². The first-order valence-corrected chi connectivity index (χ1v) is 11.4. The zero-order valence-corrected chi connectivity index (χ0v) is 20.1. The van der Waals surface area contributed by atoms with Crippen LogP contribution in [0.2, 0.25) is 5.02 Å². The highest BCUT2D eigenvalue weighted by atomic mass is 35.5. The molecule has 0 radical (unpaired) electrons. The van der Waals surface area contributed by atoms with Crippen LogP contribution >= 0.6 is 11.6 Å². The molecule has 0 aliphatic heterocycles. The topological polar surface area (TPSA) is 89.6 Å². The number of hydrogen-bond donors (Lipinski definition) is 2. The number of aryl methyl sites for hydroxylation is 1. The minimum atomic E-state index is -0.468. The van der Waals surface area contributed by atoms with Gasteiger partial charge in [0.25, 0.3) is 0 Å². The Morgan fingerprint density at radius 3 is 2.40 bits per heavy atom. The molecule has 0 aliphatic rings. The lowest BCUT2D eigenvalue weighted by Crippen LogP contribution is -2.19. The molecule has 0 fully saturated rings. The summed E-state index contributed by atoms with van der Waals surface area (Å²) in [6.07, 6.45) is 0. The number of benzene rings is 3. The van der Waals surface area contributed by atoms with E-state index in [1.54, 1.807) is 55.5 Å². The lowest BCUT2D eigenvalue weighted by Gasteiger charge is -2.13. The Balaban J connectivity index is 1.64. The number of hydrogen-bond acceptors (Lipinski definition) is 5. The van der Waals surface area contributed by atoms with Crippen molar-refractivity contribution in [3.8, 4) is 17.0 Å². The minimum absolute atomic E-state index is 0.243. The first kappa shape index (κ1) is 24.0. The molecule has 4 rings (SSSR count). The smallest absolute Gasteiger partial charge is 0.344 e. The van der Waals surface area contributed by atoms with Gasteiger partial charge in [0.2, 0.25) is 0 Å². The molecule has 1 aromatic heterocycles. The summed E-state index contributed by atoms with van der Waals surface area (Å²) in [5.41, 5.74) is 4.52. The highest BCUT2D eigenvalue weighted by Crippen LogP contribution is 2.32. The van der Waals surface area contributed by atoms with Crippen molar-refractivity contribution < 1.29 is 19.1 Å². The summed E-state index contributed by atoms with van der Waals surface area (Å²) in [5, 5.41) is 6.70. The Labute approximate surface area is 208 Å². The van der Waals surface area contributed by atoms with Crippen molar-refractivity contribution in [2.75, 3.05) is 23.8 Å². The second-order valence-corrected chi connectivity index (χ2v) is 8.22. The Morgan fingerprint density at radius 1 is 0.943 bits per heavy atom. The van der Waals surface area contributed by atoms with Gasteiger partial charge >= 0.3 is 12.0 Å². The SMILES string of the molecule is CCOC(=O)COc1cc(-c2ccc(C)cc2)nc2ccc(NC(=O)Nc3cccc(Cl)c3)cc12. The number of halogens is 1. The van der Waals surface area contributed by atoms with E-state index in [0.717, 1.165) is 11.1 Å². The van der Waals surface area contributed by atoms with Crippen molar-refractivity contribution in [3.63, 3.8) is 0 Å². The molecule has 3 aromatic carbocycles. The number of anilines is 2. The minimum Gasteiger partial charge on any atom is -0.481 e. The molecule has 1 heterocycles. The van der Waals surface area contributed by atoms with E-state index in [4.69, 9.17) is 26.1 Å². The molecule has 0 aliphatic carbocycles. The number of carbonyl (C=O) groups excluding carboxylic acids is 2. The fourth-order valence-corrected chi connectivity index (χ4v) is 3.65. The van der Waals surface area contributed by atoms with E-state index in [-0.39, 0.29) is 13.2 Å². The van der Waals surface area contributed by atoms with Gasteiger partial charge in [0.15, 0.2) is 6.61 Å². The van der Waals surface area contributed by atoms with Crippen molar-refractivity contribution in [2.24, 2.45) is 0 Å². The van der Waals surface area contributed by atoms with Gasteiger partial charge in [0, 0.05) is 33.4 Å². The van der Waals surface area contributed by atoms with Gasteiger partial charge in [-0.15, -0.1) is 0 Å². The second kappa shape index (κ2) is 10.9. The summed E-state index contributed by atoms with van der Waals surface area (Å²) in [4.78, 5) is 29.2. The third-order valence-corrected chi connectivity index (χ3v) is 5.34. The van der Waals surface area contributed by atoms with E-state index in [1.807, 2.05) is 31.2 Å². The molecule has 0 bridgehead atoms. The van der Waals surface area contributed by atoms with Crippen molar-refractivity contribution in [3.05, 3.63) is 83.4 Å². The van der Waals surface area contributed by atoms with Crippen LogP contribution in [0, 0.1) is 6.92 Å². The molecule has 178 valence electrons. The quantitative estimate of drug-likeness (QED) is 0.291. The Kier molecular flexibility index (Phi) is 7.48. The largest absolute Gasteiger partial charge is 0.481 e. The van der Waals surface area contributed by atoms with Gasteiger partial charge in [-0.25, -0.2) is 14.6 Å². The molecular formula is C27H24ClN3O4. The second-order valence-electron chi connectivity index (χ2n) is 7.79. The molecule has 0 saturated heterocycles. The lowest BCUT2D eigenvalue weighted by molar-refractivity contribution is -0.145. The molecule has 0 unspecified atom stereocenters. The zero-order valence-electron chi connectivity index (χ0n) is 19.3. The molecule has 2 amide bonds. The third-order valence-electron chi connectivity index (χ3n) is 5.11. The van der Waals surface area contributed by atoms with Gasteiger partial charge in [-0.3, -0.25) is 0 Å². The Morgan fingerprint density at radius 2 is 1.69 bits per heavy atom. The summed E-state index contributed by atoms with van der Waals surface area (Å²) in [7, 11) is 0. The van der Waals surface area contributed by atoms with Crippen LogP contribution in [0.15, 0.2) is 72.8 Å². The highest BCUT2D eigenvalue weighted by Gasteiger charge is 2.13. The number of amides is 2. The molecule has 4 aromatic rings. The molecular weight excluding hydrogens is 466 g/mol. The number of nitrogens with zero attached hydrogens (tertiary/aromatic N) is 1. The summed E-state index contributed by atoms with van der Waals surface area (Å²) in [5.74, 6) is -0.0120. The number of fused-ring (bicyclic) bond motifs is 1. The van der Waals surface area contributed by atoms with Crippen molar-refractivity contribution >= 4 is 45.9 Å². The predicted molar refractivity (Wildman–Crippen MR) is 138 cm³/mol. The normalized spacial score (nSPS) is 10.6. The predicted octanol–water partition coefficient (Wildman–Crippen LogP) is 6.45. The van der Waals surface area contributed by atoms with Crippen molar-refractivity contribution in [1.82, 2.24) is 4.98 Å². The number of rotatable bonds is 7. The number of esters is 1. The Bertz CT molecular complexity index is 1370. The maximum atomic E-state index is 12.5. The van der Waals surface area contributed by atoms with Gasteiger partial charge < -0.3 is 20.1 Å². The van der Waals surface area contributed by atoms with E-state index in [9.17, 15) is 9.59 Å². The van der Waals surface area contributed by atoms with E-state index in [1.165, 1.54) is 0 Å². The summed E-state index contributed by atoms with van der Waals surface area (Å²) in [6, 6.07) is 21.5. The number of urea groups is 1. The molecule has 35 heavy (non-hydrogen) atoms. The van der Waals surface area contributed by atoms with Crippen LogP contribution in [0.4, 0.5) is 16.2 Å². The number of nitrogens with one attached hydrogen (secondary N) is 2. The summed E-state index contributed by atoms with van der Waals surface area (Å²) in [6.45, 7) is 3.78. The number of carbonyl (C=O) groups is 2. The fraction of sp³-hybridized carbons (Fsp3) is 0.148. The number of ether oxygens (including phenoxy) is 2. The Hall–Kier alpha value is -4.10. The molecule has 7 nitrogen and oxygen atoms in total. The third kappa shape index (κ3) is 6.28. The molecule has 8 heteroatoms. The van der Waals surface area contributed by atoms with Gasteiger partial charge in [0.1, 0.15) is 5.75 Å². The first-order chi connectivity index (χ1) is 16.9. The van der Waals surface area contributed by atoms with Crippen LogP contribution in [0.1, 0.15) is 12.5 Å². The van der Waals surface area contributed by atoms with Crippen LogP contribution < -0.4 is 15.4 Å². The maximum Gasteiger partial charge on any atom is 0.344 e. The molecule has 0 saturated carbocycles. The van der Waals surface area contributed by atoms with E-state index in [2.05, 4.69) is 10.6 Å². The summed E-state index contributed by atoms with van der Waals surface area (Å²) >= 11 is 5.98. The standard InChI is InChI=1S/C27H24ClN3O4/c1-3-34-26(32)16-35-25-15-24(18-9-7-17(2)8-10-18)31-23-12-11-21(14-22(23)25)30-27(33)29-20-6-4-5-19(28)13-20/h4-15H,3,16H2,1-2H3,(H2,29,30,33). The van der Waals surface area contributed by atoms with Crippen LogP contribution in [0.3, 0.4) is 0 Å². The fourth-order valence-electron chi connectivity index (χ4n) is 3.46. The van der Waals surface area contributed by atoms with Crippen LogP contribution in [0.25, 0.3) is 22.2 Å². The van der Waals surface area contributed by atoms with Crippen molar-refractivity contribution in [1.29, 1.82) is 0 Å². The average Bonchev–Trinajstić information content (AvgIpc) is 2.83. The highest BCUT2D eigenvalue weighted by molar-refractivity contribution is 6.30. The van der Waals surface area contributed by atoms with Crippen molar-refractivity contribution in [2.45, 2.75) is 13.8 Å². The molecule has 2 N–H and O–H groups in total.